The first-order valence-electron chi connectivity index (χ1n) is 22.2. The topological polar surface area (TPSA) is 129 Å². The van der Waals surface area contributed by atoms with Crippen LogP contribution in [0.25, 0.3) is 6.08 Å². The van der Waals surface area contributed by atoms with E-state index >= 15 is 0 Å². The van der Waals surface area contributed by atoms with Crippen LogP contribution < -0.4 is 5.19 Å². The van der Waals surface area contributed by atoms with Crippen molar-refractivity contribution in [1.82, 2.24) is 0 Å². The summed E-state index contributed by atoms with van der Waals surface area (Å²) in [4.78, 5) is 0. The van der Waals surface area contributed by atoms with Crippen molar-refractivity contribution in [3.63, 3.8) is 0 Å². The van der Waals surface area contributed by atoms with E-state index in [1.807, 2.05) is 30.3 Å². The van der Waals surface area contributed by atoms with Crippen molar-refractivity contribution < 1.29 is 57.6 Å². The van der Waals surface area contributed by atoms with Crippen molar-refractivity contribution in [2.24, 2.45) is 41.4 Å². The van der Waals surface area contributed by atoms with E-state index < -0.39 is 90.4 Å². The maximum Gasteiger partial charge on any atom is 0.515 e. The molecule has 6 fully saturated rings. The Morgan fingerprint density at radius 1 is 0.400 bits per heavy atom. The summed E-state index contributed by atoms with van der Waals surface area (Å²) in [7, 11) is -36.4. The lowest BCUT2D eigenvalue weighted by atomic mass is 10.2. The fourth-order valence-corrected chi connectivity index (χ4v) is 62.9. The number of fused-ring (bicyclic) bond motifs is 4. The van der Waals surface area contributed by atoms with E-state index in [2.05, 4.69) is 104 Å². The quantitative estimate of drug-likeness (QED) is 0.159. The van der Waals surface area contributed by atoms with Gasteiger partial charge in [-0.25, -0.2) is 0 Å². The summed E-state index contributed by atoms with van der Waals surface area (Å²) in [6.45, 7) is 34.2. The highest BCUT2D eigenvalue weighted by molar-refractivity contribution is 7.03. The van der Waals surface area contributed by atoms with Gasteiger partial charge in [-0.15, -0.1) is 0 Å². The molecule has 1 aromatic carbocycles. The molecule has 0 aliphatic carbocycles. The molecule has 24 heteroatoms. The van der Waals surface area contributed by atoms with Gasteiger partial charge >= 0.3 is 70.4 Å². The van der Waals surface area contributed by atoms with Gasteiger partial charge in [0.1, 0.15) is 0 Å². The van der Waals surface area contributed by atoms with Crippen LogP contribution in [-0.2, 0) is 57.6 Å². The van der Waals surface area contributed by atoms with Crippen LogP contribution in [0.3, 0.4) is 0 Å². The maximum absolute atomic E-state index is 8.01. The van der Waals surface area contributed by atoms with Crippen molar-refractivity contribution in [1.29, 1.82) is 0 Å². The predicted molar refractivity (Wildman–Crippen MR) is 252 cm³/mol. The lowest BCUT2D eigenvalue weighted by molar-refractivity contribution is -0.00936. The Bertz CT molecular complexity index is 1640. The first-order valence-corrected chi connectivity index (χ1v) is 39.8. The van der Waals surface area contributed by atoms with Gasteiger partial charge in [0, 0.05) is 47.5 Å². The molecule has 7 rings (SSSR count). The van der Waals surface area contributed by atoms with Gasteiger partial charge in [0.05, 0.1) is 0 Å². The second-order valence-electron chi connectivity index (χ2n) is 20.2. The van der Waals surface area contributed by atoms with Crippen LogP contribution in [-0.4, -0.2) is 90.4 Å². The molecular weight excluding hydrogens is 937 g/mol. The third-order valence-corrected chi connectivity index (χ3v) is 53.1. The van der Waals surface area contributed by atoms with Crippen molar-refractivity contribution in [3.8, 4) is 0 Å². The molecule has 0 radical (unpaired) electrons. The summed E-state index contributed by atoms with van der Waals surface area (Å²) >= 11 is 0. The molecule has 14 nitrogen and oxygen atoms in total. The molecule has 0 spiro atoms. The van der Waals surface area contributed by atoms with Crippen molar-refractivity contribution >= 4 is 102 Å². The fraction of sp³-hybridized carbons (Fsp3) is 0.778. The SMILES string of the molecule is C=Cc1ccc([Si]23O[Si]4(CC(C)C)O[SiH2]O[SiH2]O[Si]5(CC(C)C)O[Si]6(CC(C)C)O[Si](CC(C)C)(O4)O[Si](CC(C)C)(O[Si](CC(C)C)(O6)O[Si](CC(C)C)(O5)O2)O3)cc1. The smallest absolute Gasteiger partial charge is 0.425 e. The number of hydrogen-bond donors (Lipinski definition) is 0. The number of hydrogen-bond acceptors (Lipinski definition) is 14. The highest BCUT2D eigenvalue weighted by Crippen LogP contribution is 2.53. The van der Waals surface area contributed by atoms with E-state index in [0.29, 0.717) is 47.5 Å². The van der Waals surface area contributed by atoms with Gasteiger partial charge in [-0.3, -0.25) is 0 Å². The Morgan fingerprint density at radius 2 is 0.650 bits per heavy atom. The van der Waals surface area contributed by atoms with Crippen molar-refractivity contribution in [2.45, 2.75) is 139 Å². The highest BCUT2D eigenvalue weighted by Gasteiger charge is 2.81. The summed E-state index contributed by atoms with van der Waals surface area (Å²) < 4.78 is 108. The molecule has 342 valence electrons. The Labute approximate surface area is 374 Å². The summed E-state index contributed by atoms with van der Waals surface area (Å²) in [5.74, 6) is 0.461. The van der Waals surface area contributed by atoms with Gasteiger partial charge in [0.15, 0.2) is 0 Å². The molecule has 8 atom stereocenters. The average molecular weight is 1010 g/mol. The molecule has 8 unspecified atom stereocenters. The van der Waals surface area contributed by atoms with E-state index in [1.54, 1.807) is 0 Å². The standard InChI is InChI=1S/C36H74O14Si10/c1-16-35-17-19-36(20-18-35)60-48-54(22-29(4)5)39-52-37-51-38-53(21-28(2)3)40-55(23-30(6)7)43-56(42-54,24-31(8)9)45-59(50-60,27-34(14)15)47-57(44-55,25-32(10)11)46-58(41-53,49-60)26-33(12)13/h16-20,28-34H,1,21-27,51-52H2,2-15H3. The van der Waals surface area contributed by atoms with E-state index in [1.165, 1.54) is 0 Å². The van der Waals surface area contributed by atoms with Crippen molar-refractivity contribution in [2.75, 3.05) is 0 Å². The lowest BCUT2D eigenvalue weighted by Crippen LogP contribution is -2.87. The third kappa shape index (κ3) is 11.6. The molecule has 0 saturated carbocycles. The van der Waals surface area contributed by atoms with Gasteiger partial charge in [-0.05, 0) is 47.0 Å². The predicted octanol–water partition coefficient (Wildman–Crippen LogP) is 6.94. The van der Waals surface area contributed by atoms with Gasteiger partial charge in [-0.2, -0.15) is 0 Å². The molecule has 6 aliphatic heterocycles. The normalized spacial score (nSPS) is 39.4. The Balaban J connectivity index is 1.84. The zero-order chi connectivity index (χ0) is 44.0. The number of benzene rings is 1. The Hall–Kier alpha value is 0.569. The highest BCUT2D eigenvalue weighted by atomic mass is 28.6. The van der Waals surface area contributed by atoms with Crippen LogP contribution in [0.2, 0.25) is 42.3 Å². The van der Waals surface area contributed by atoms with Crippen LogP contribution in [0.15, 0.2) is 30.8 Å². The van der Waals surface area contributed by atoms with E-state index in [9.17, 15) is 0 Å². The molecule has 0 N–H and O–H groups in total. The second-order valence-corrected chi connectivity index (χ2v) is 47.7. The number of rotatable bonds is 16. The van der Waals surface area contributed by atoms with Gasteiger partial charge < -0.3 is 57.6 Å². The first-order chi connectivity index (χ1) is 27.9. The minimum absolute atomic E-state index is 0.0376. The summed E-state index contributed by atoms with van der Waals surface area (Å²) in [6, 6.07) is 11.0. The van der Waals surface area contributed by atoms with Crippen LogP contribution >= 0.6 is 0 Å². The van der Waals surface area contributed by atoms with Gasteiger partial charge in [0.2, 0.25) is 0 Å². The van der Waals surface area contributed by atoms with Crippen molar-refractivity contribution in [3.05, 3.63) is 36.4 Å². The molecular formula is C36H74O14Si10. The molecule has 6 saturated heterocycles. The van der Waals surface area contributed by atoms with Gasteiger partial charge in [0.25, 0.3) is 20.0 Å². The molecule has 1 aromatic rings. The molecule has 8 bridgehead atoms. The van der Waals surface area contributed by atoms with E-state index in [-0.39, 0.29) is 41.4 Å². The third-order valence-electron chi connectivity index (χ3n) is 10.2. The van der Waals surface area contributed by atoms with E-state index in [0.717, 1.165) is 5.56 Å². The molecule has 6 heterocycles. The van der Waals surface area contributed by atoms with Crippen LogP contribution in [0.5, 0.6) is 0 Å². The minimum Gasteiger partial charge on any atom is -0.425 e. The molecule has 6 aliphatic rings. The average Bonchev–Trinajstić information content (AvgIpc) is 3.02. The zero-order valence-electron chi connectivity index (χ0n) is 38.7. The summed E-state index contributed by atoms with van der Waals surface area (Å²) in [6.07, 6.45) is 1.82. The monoisotopic (exact) mass is 1010 g/mol. The Kier molecular flexibility index (Phi) is 15.9. The maximum atomic E-state index is 8.01. The lowest BCUT2D eigenvalue weighted by Gasteiger charge is -2.61. The fourth-order valence-electron chi connectivity index (χ4n) is 8.75. The van der Waals surface area contributed by atoms with E-state index in [4.69, 9.17) is 57.6 Å². The zero-order valence-corrected chi connectivity index (χ0v) is 49.5. The molecule has 0 aromatic heterocycles. The van der Waals surface area contributed by atoms with Crippen LogP contribution in [0.1, 0.15) is 102 Å². The largest absolute Gasteiger partial charge is 0.515 e. The van der Waals surface area contributed by atoms with Crippen LogP contribution in [0, 0.1) is 41.4 Å². The van der Waals surface area contributed by atoms with Crippen LogP contribution in [0.4, 0.5) is 0 Å². The minimum atomic E-state index is -4.41. The van der Waals surface area contributed by atoms with Gasteiger partial charge in [-0.1, -0.05) is 134 Å². The first kappa shape index (κ1) is 50.0. The molecule has 60 heavy (non-hydrogen) atoms. The Morgan fingerprint density at radius 3 is 0.950 bits per heavy atom. The summed E-state index contributed by atoms with van der Waals surface area (Å²) in [5, 5.41) is 0.698. The summed E-state index contributed by atoms with van der Waals surface area (Å²) in [5.41, 5.74) is 0.935. The second kappa shape index (κ2) is 19.0. The molecule has 0 amide bonds.